The number of aromatic nitrogens is 3. The van der Waals surface area contributed by atoms with E-state index in [2.05, 4.69) is 10.1 Å². The van der Waals surface area contributed by atoms with Crippen molar-refractivity contribution in [2.45, 2.75) is 0 Å². The van der Waals surface area contributed by atoms with E-state index in [1.807, 2.05) is 72.8 Å². The number of para-hydroxylation sites is 1. The fraction of sp³-hybridized carbons (Fsp3) is 0. The summed E-state index contributed by atoms with van der Waals surface area (Å²) >= 11 is 0. The maximum atomic E-state index is 12.7. The van der Waals surface area contributed by atoms with Crippen LogP contribution in [0, 0.1) is 0 Å². The molecular formula is C22H15N3O2. The molecule has 5 rings (SSSR count). The highest BCUT2D eigenvalue weighted by atomic mass is 16.1. The van der Waals surface area contributed by atoms with Crippen LogP contribution in [0.5, 0.6) is 0 Å². The van der Waals surface area contributed by atoms with Crippen molar-refractivity contribution in [3.05, 3.63) is 99.4 Å². The van der Waals surface area contributed by atoms with Gasteiger partial charge in [-0.25, -0.2) is 4.68 Å². The Morgan fingerprint density at radius 3 is 2.37 bits per heavy atom. The molecule has 130 valence electrons. The van der Waals surface area contributed by atoms with Gasteiger partial charge in [0.25, 0.3) is 5.56 Å². The highest BCUT2D eigenvalue weighted by molar-refractivity contribution is 5.96. The van der Waals surface area contributed by atoms with Gasteiger partial charge in [0.05, 0.1) is 11.4 Å². The van der Waals surface area contributed by atoms with Crippen LogP contribution >= 0.6 is 0 Å². The molecule has 0 bridgehead atoms. The number of nitrogens with zero attached hydrogens (tertiary/aromatic N) is 1. The molecule has 0 radical (unpaired) electrons. The largest absolute Gasteiger partial charge is 0.339 e. The number of hydrogen-bond acceptors (Lipinski definition) is 2. The zero-order chi connectivity index (χ0) is 18.4. The van der Waals surface area contributed by atoms with Crippen LogP contribution in [0.4, 0.5) is 0 Å². The minimum Gasteiger partial charge on any atom is -0.339 e. The Labute approximate surface area is 153 Å². The maximum Gasteiger partial charge on any atom is 0.284 e. The number of H-pyrrole nitrogens is 2. The van der Waals surface area contributed by atoms with Gasteiger partial charge in [-0.3, -0.25) is 14.7 Å². The molecule has 5 heteroatoms. The van der Waals surface area contributed by atoms with Crippen LogP contribution in [-0.2, 0) is 0 Å². The molecule has 0 fully saturated rings. The number of fused-ring (bicyclic) bond motifs is 2. The molecule has 5 nitrogen and oxygen atoms in total. The molecule has 0 saturated carbocycles. The molecule has 0 amide bonds. The average Bonchev–Trinajstić information content (AvgIpc) is 3.05. The molecule has 2 heterocycles. The first kappa shape index (κ1) is 15.4. The van der Waals surface area contributed by atoms with Crippen molar-refractivity contribution < 1.29 is 0 Å². The Balaban J connectivity index is 1.79. The number of pyridine rings is 1. The Bertz CT molecular complexity index is 1400. The van der Waals surface area contributed by atoms with Crippen LogP contribution in [0.15, 0.2) is 88.5 Å². The summed E-state index contributed by atoms with van der Waals surface area (Å²) in [4.78, 5) is 28.7. The van der Waals surface area contributed by atoms with Crippen molar-refractivity contribution in [2.24, 2.45) is 0 Å². The van der Waals surface area contributed by atoms with Crippen molar-refractivity contribution in [2.75, 3.05) is 0 Å². The zero-order valence-electron chi connectivity index (χ0n) is 14.3. The van der Waals surface area contributed by atoms with Gasteiger partial charge < -0.3 is 4.98 Å². The third-order valence-electron chi connectivity index (χ3n) is 4.77. The minimum atomic E-state index is -0.359. The summed E-state index contributed by atoms with van der Waals surface area (Å²) in [7, 11) is 0. The summed E-state index contributed by atoms with van der Waals surface area (Å²) < 4.78 is 1.38. The van der Waals surface area contributed by atoms with Gasteiger partial charge in [-0.05, 0) is 22.9 Å². The lowest BCUT2D eigenvalue weighted by atomic mass is 10.0. The molecule has 0 saturated heterocycles. The highest BCUT2D eigenvalue weighted by Crippen LogP contribution is 2.27. The summed E-state index contributed by atoms with van der Waals surface area (Å²) in [5.41, 5.74) is 2.02. The first-order valence-electron chi connectivity index (χ1n) is 8.64. The van der Waals surface area contributed by atoms with Gasteiger partial charge in [-0.1, -0.05) is 60.7 Å². The first-order chi connectivity index (χ1) is 13.2. The van der Waals surface area contributed by atoms with Gasteiger partial charge in [0, 0.05) is 11.6 Å². The summed E-state index contributed by atoms with van der Waals surface area (Å²) in [5, 5.41) is 5.29. The third-order valence-corrected chi connectivity index (χ3v) is 4.77. The van der Waals surface area contributed by atoms with E-state index in [1.54, 1.807) is 0 Å². The smallest absolute Gasteiger partial charge is 0.284 e. The van der Waals surface area contributed by atoms with Gasteiger partial charge in [0.2, 0.25) is 0 Å². The van der Waals surface area contributed by atoms with Crippen molar-refractivity contribution in [1.29, 1.82) is 0 Å². The second-order valence-electron chi connectivity index (χ2n) is 6.41. The van der Waals surface area contributed by atoms with E-state index in [1.165, 1.54) is 10.7 Å². The molecule has 0 spiro atoms. The predicted molar refractivity (Wildman–Crippen MR) is 107 cm³/mol. The van der Waals surface area contributed by atoms with Crippen LogP contribution in [0.1, 0.15) is 0 Å². The topological polar surface area (TPSA) is 70.7 Å². The lowest BCUT2D eigenvalue weighted by Crippen LogP contribution is -2.18. The molecule has 0 aliphatic rings. The first-order valence-corrected chi connectivity index (χ1v) is 8.64. The predicted octanol–water partition coefficient (Wildman–Crippen LogP) is 3.83. The second-order valence-corrected chi connectivity index (χ2v) is 6.41. The monoisotopic (exact) mass is 353 g/mol. The van der Waals surface area contributed by atoms with Gasteiger partial charge in [-0.15, -0.1) is 0 Å². The molecule has 2 N–H and O–H groups in total. The SMILES string of the molecule is O=c1cc(-c2cccc3ccccc23)[nH]c2[nH]n(-c3ccccc3)c(=O)c12. The van der Waals surface area contributed by atoms with E-state index in [4.69, 9.17) is 0 Å². The normalized spacial score (nSPS) is 11.3. The van der Waals surface area contributed by atoms with Crippen LogP contribution in [-0.4, -0.2) is 14.8 Å². The van der Waals surface area contributed by atoms with Gasteiger partial charge in [0.1, 0.15) is 11.0 Å². The molecule has 0 aliphatic carbocycles. The lowest BCUT2D eigenvalue weighted by Gasteiger charge is -2.06. The fourth-order valence-electron chi connectivity index (χ4n) is 3.49. The van der Waals surface area contributed by atoms with Gasteiger partial charge in [0.15, 0.2) is 5.43 Å². The summed E-state index contributed by atoms with van der Waals surface area (Å²) in [6.07, 6.45) is 0. The zero-order valence-corrected chi connectivity index (χ0v) is 14.3. The highest BCUT2D eigenvalue weighted by Gasteiger charge is 2.14. The molecule has 2 aromatic heterocycles. The van der Waals surface area contributed by atoms with Crippen LogP contribution in [0.25, 0.3) is 38.8 Å². The molecular weight excluding hydrogens is 338 g/mol. The number of hydrogen-bond donors (Lipinski definition) is 2. The van der Waals surface area contributed by atoms with Crippen LogP contribution < -0.4 is 11.0 Å². The number of rotatable bonds is 2. The van der Waals surface area contributed by atoms with Crippen molar-refractivity contribution in [3.63, 3.8) is 0 Å². The minimum absolute atomic E-state index is 0.128. The van der Waals surface area contributed by atoms with Crippen molar-refractivity contribution >= 4 is 21.8 Å². The maximum absolute atomic E-state index is 12.7. The molecule has 5 aromatic rings. The Morgan fingerprint density at radius 2 is 1.52 bits per heavy atom. The van der Waals surface area contributed by atoms with Gasteiger partial charge in [-0.2, -0.15) is 0 Å². The van der Waals surface area contributed by atoms with Crippen LogP contribution in [0.2, 0.25) is 0 Å². The fourth-order valence-corrected chi connectivity index (χ4v) is 3.49. The van der Waals surface area contributed by atoms with Gasteiger partial charge >= 0.3 is 0 Å². The Morgan fingerprint density at radius 1 is 0.778 bits per heavy atom. The lowest BCUT2D eigenvalue weighted by molar-refractivity contribution is 0.858. The van der Waals surface area contributed by atoms with E-state index in [0.29, 0.717) is 17.0 Å². The average molecular weight is 353 g/mol. The standard InChI is InChI=1S/C22H15N3O2/c26-19-13-18(17-12-6-8-14-7-4-5-11-16(14)17)23-21-20(19)22(27)25(24-21)15-9-2-1-3-10-15/h1-13H,(H2,23,24,26). The van der Waals surface area contributed by atoms with E-state index in [9.17, 15) is 9.59 Å². The third kappa shape index (κ3) is 2.40. The summed E-state index contributed by atoms with van der Waals surface area (Å²) in [6.45, 7) is 0. The van der Waals surface area contributed by atoms with E-state index in [-0.39, 0.29) is 16.4 Å². The van der Waals surface area contributed by atoms with E-state index < -0.39 is 0 Å². The van der Waals surface area contributed by atoms with Crippen molar-refractivity contribution in [1.82, 2.24) is 14.8 Å². The van der Waals surface area contributed by atoms with E-state index in [0.717, 1.165) is 16.3 Å². The number of nitrogens with one attached hydrogen (secondary N) is 2. The second kappa shape index (κ2) is 5.85. The summed E-state index contributed by atoms with van der Waals surface area (Å²) in [6, 6.07) is 24.6. The van der Waals surface area contributed by atoms with Crippen molar-refractivity contribution in [3.8, 4) is 16.9 Å². The quantitative estimate of drug-likeness (QED) is 0.506. The number of aromatic amines is 2. The Hall–Kier alpha value is -3.86. The molecule has 27 heavy (non-hydrogen) atoms. The summed E-state index contributed by atoms with van der Waals surface area (Å²) in [5.74, 6) is 0. The molecule has 0 aliphatic heterocycles. The Kier molecular flexibility index (Phi) is 3.33. The molecule has 0 unspecified atom stereocenters. The number of benzene rings is 3. The van der Waals surface area contributed by atoms with Crippen LogP contribution in [0.3, 0.4) is 0 Å². The molecule has 3 aromatic carbocycles. The van der Waals surface area contributed by atoms with E-state index >= 15 is 0 Å². The molecule has 0 atom stereocenters.